The smallest absolute Gasteiger partial charge is 0.367 e. The Morgan fingerprint density at radius 3 is 2.52 bits per heavy atom. The molecule has 0 amide bonds. The minimum Gasteiger partial charge on any atom is -0.367 e. The van der Waals surface area contributed by atoms with Gasteiger partial charge < -0.3 is 15.5 Å². The van der Waals surface area contributed by atoms with Crippen molar-refractivity contribution in [2.75, 3.05) is 28.6 Å². The molecule has 170 valence electrons. The lowest BCUT2D eigenvalue weighted by Gasteiger charge is -2.33. The molecule has 2 aromatic heterocycles. The van der Waals surface area contributed by atoms with Crippen molar-refractivity contribution in [3.8, 4) is 0 Å². The van der Waals surface area contributed by atoms with Crippen LogP contribution in [0, 0.1) is 0 Å². The Bertz CT molecular complexity index is 1180. The van der Waals surface area contributed by atoms with Crippen molar-refractivity contribution >= 4 is 23.3 Å². The highest BCUT2D eigenvalue weighted by Crippen LogP contribution is 2.47. The predicted molar refractivity (Wildman–Crippen MR) is 120 cm³/mol. The number of piperidine rings is 1. The standard InChI is InChI=1S/C24H23F3N6/c25-24(26,27)20-11-29-23(32-22(20)30-16-4-5-16)31-17-6-7-18-14-9-15(19(18)10-17)13-33(12-14)21-3-1-2-8-28-21/h1-3,6-8,10-11,14-16H,4-5,9,12-13H2,(H2,29,30,31,32). The van der Waals surface area contributed by atoms with Gasteiger partial charge >= 0.3 is 6.18 Å². The highest BCUT2D eigenvalue weighted by atomic mass is 19.4. The molecule has 1 aromatic carbocycles. The summed E-state index contributed by atoms with van der Waals surface area (Å²) in [6, 6.07) is 12.2. The topological polar surface area (TPSA) is 66.0 Å². The van der Waals surface area contributed by atoms with Crippen LogP contribution in [0.2, 0.25) is 0 Å². The fraction of sp³-hybridized carbons (Fsp3) is 0.375. The minimum absolute atomic E-state index is 0.0511. The fourth-order valence-corrected chi connectivity index (χ4v) is 4.97. The summed E-state index contributed by atoms with van der Waals surface area (Å²) in [4.78, 5) is 14.9. The van der Waals surface area contributed by atoms with Crippen LogP contribution >= 0.6 is 0 Å². The van der Waals surface area contributed by atoms with Crippen LogP contribution < -0.4 is 15.5 Å². The molecule has 2 N–H and O–H groups in total. The van der Waals surface area contributed by atoms with E-state index in [1.807, 2.05) is 30.5 Å². The van der Waals surface area contributed by atoms with Gasteiger partial charge in [-0.15, -0.1) is 0 Å². The normalized spacial score (nSPS) is 21.6. The molecule has 2 bridgehead atoms. The van der Waals surface area contributed by atoms with E-state index in [4.69, 9.17) is 0 Å². The molecule has 2 fully saturated rings. The Kier molecular flexibility index (Phi) is 4.67. The number of alkyl halides is 3. The molecule has 1 saturated carbocycles. The third kappa shape index (κ3) is 3.96. The second-order valence-corrected chi connectivity index (χ2v) is 9.06. The number of nitrogens with zero attached hydrogens (tertiary/aromatic N) is 4. The van der Waals surface area contributed by atoms with E-state index in [-0.39, 0.29) is 17.8 Å². The molecule has 2 unspecified atom stereocenters. The first kappa shape index (κ1) is 20.3. The number of hydrogen-bond acceptors (Lipinski definition) is 6. The maximum absolute atomic E-state index is 13.4. The zero-order chi connectivity index (χ0) is 22.6. The molecule has 1 saturated heterocycles. The van der Waals surface area contributed by atoms with Crippen LogP contribution in [0.5, 0.6) is 0 Å². The third-order valence-corrected chi connectivity index (χ3v) is 6.66. The number of nitrogens with one attached hydrogen (secondary N) is 2. The number of aromatic nitrogens is 3. The van der Waals surface area contributed by atoms with Crippen LogP contribution in [0.15, 0.2) is 48.8 Å². The molecule has 2 aliphatic carbocycles. The monoisotopic (exact) mass is 452 g/mol. The van der Waals surface area contributed by atoms with Gasteiger partial charge in [-0.2, -0.15) is 18.2 Å². The summed E-state index contributed by atoms with van der Waals surface area (Å²) >= 11 is 0. The first-order valence-electron chi connectivity index (χ1n) is 11.2. The summed E-state index contributed by atoms with van der Waals surface area (Å²) in [5, 5.41) is 6.00. The summed E-state index contributed by atoms with van der Waals surface area (Å²) in [5.74, 6) is 1.83. The van der Waals surface area contributed by atoms with Crippen LogP contribution in [0.4, 0.5) is 36.4 Å². The Morgan fingerprint density at radius 2 is 1.79 bits per heavy atom. The van der Waals surface area contributed by atoms with Gasteiger partial charge in [0.15, 0.2) is 0 Å². The molecule has 33 heavy (non-hydrogen) atoms. The average molecular weight is 452 g/mol. The van der Waals surface area contributed by atoms with Crippen molar-refractivity contribution in [3.05, 3.63) is 65.5 Å². The van der Waals surface area contributed by atoms with Crippen LogP contribution in [0.1, 0.15) is 47.8 Å². The SMILES string of the molecule is FC(F)(F)c1cnc(Nc2ccc3c(c2)C2CC3CN(c3ccccn3)C2)nc1NC1CC1. The molecule has 9 heteroatoms. The molecule has 2 atom stereocenters. The quantitative estimate of drug-likeness (QED) is 0.548. The lowest BCUT2D eigenvalue weighted by atomic mass is 9.96. The zero-order valence-corrected chi connectivity index (χ0v) is 17.8. The molecular formula is C24H23F3N6. The summed E-state index contributed by atoms with van der Waals surface area (Å²) < 4.78 is 40.1. The molecule has 1 aliphatic heterocycles. The fourth-order valence-electron chi connectivity index (χ4n) is 4.97. The van der Waals surface area contributed by atoms with Crippen molar-refractivity contribution in [2.45, 2.75) is 43.3 Å². The molecule has 6 nitrogen and oxygen atoms in total. The summed E-state index contributed by atoms with van der Waals surface area (Å²) in [7, 11) is 0. The van der Waals surface area contributed by atoms with E-state index in [0.717, 1.165) is 50.1 Å². The molecule has 3 heterocycles. The number of hydrogen-bond donors (Lipinski definition) is 2. The van der Waals surface area contributed by atoms with Gasteiger partial charge in [0.25, 0.3) is 0 Å². The highest BCUT2D eigenvalue weighted by Gasteiger charge is 2.39. The van der Waals surface area contributed by atoms with Crippen molar-refractivity contribution < 1.29 is 13.2 Å². The minimum atomic E-state index is -4.50. The molecule has 6 rings (SSSR count). The maximum Gasteiger partial charge on any atom is 0.421 e. The van der Waals surface area contributed by atoms with Crippen molar-refractivity contribution in [1.82, 2.24) is 15.0 Å². The van der Waals surface area contributed by atoms with Gasteiger partial charge in [0.05, 0.1) is 0 Å². The van der Waals surface area contributed by atoms with Crippen LogP contribution in [-0.2, 0) is 6.18 Å². The van der Waals surface area contributed by atoms with Gasteiger partial charge in [0, 0.05) is 49.0 Å². The lowest BCUT2D eigenvalue weighted by molar-refractivity contribution is -0.137. The summed E-state index contributed by atoms with van der Waals surface area (Å²) in [6.45, 7) is 1.84. The first-order chi connectivity index (χ1) is 15.9. The van der Waals surface area contributed by atoms with Crippen LogP contribution in [0.3, 0.4) is 0 Å². The number of anilines is 4. The average Bonchev–Trinajstić information content (AvgIpc) is 3.58. The molecule has 3 aromatic rings. The molecule has 3 aliphatic rings. The third-order valence-electron chi connectivity index (χ3n) is 6.66. The van der Waals surface area contributed by atoms with E-state index in [9.17, 15) is 13.2 Å². The summed E-state index contributed by atoms with van der Waals surface area (Å²) in [5.41, 5.74) is 2.57. The van der Waals surface area contributed by atoms with Crippen LogP contribution in [-0.4, -0.2) is 34.1 Å². The number of rotatable bonds is 5. The van der Waals surface area contributed by atoms with Gasteiger partial charge in [-0.05, 0) is 54.7 Å². The molecular weight excluding hydrogens is 429 g/mol. The van der Waals surface area contributed by atoms with E-state index in [0.29, 0.717) is 11.8 Å². The van der Waals surface area contributed by atoms with Gasteiger partial charge in [-0.1, -0.05) is 12.1 Å². The molecule has 0 spiro atoms. The Hall–Kier alpha value is -3.36. The second-order valence-electron chi connectivity index (χ2n) is 9.06. The second kappa shape index (κ2) is 7.60. The van der Waals surface area contributed by atoms with E-state index in [1.165, 1.54) is 11.1 Å². The maximum atomic E-state index is 13.4. The van der Waals surface area contributed by atoms with Crippen LogP contribution in [0.25, 0.3) is 0 Å². The highest BCUT2D eigenvalue weighted by molar-refractivity contribution is 5.61. The van der Waals surface area contributed by atoms with E-state index in [1.54, 1.807) is 0 Å². The summed E-state index contributed by atoms with van der Waals surface area (Å²) in [6.07, 6.45) is 0.983. The first-order valence-corrected chi connectivity index (χ1v) is 11.2. The van der Waals surface area contributed by atoms with Gasteiger partial charge in [-0.3, -0.25) is 0 Å². The Balaban J connectivity index is 1.24. The number of fused-ring (bicyclic) bond motifs is 5. The molecule has 0 radical (unpaired) electrons. The largest absolute Gasteiger partial charge is 0.421 e. The zero-order valence-electron chi connectivity index (χ0n) is 17.8. The van der Waals surface area contributed by atoms with Gasteiger partial charge in [-0.25, -0.2) is 9.97 Å². The Morgan fingerprint density at radius 1 is 0.970 bits per heavy atom. The lowest BCUT2D eigenvalue weighted by Crippen LogP contribution is -2.35. The van der Waals surface area contributed by atoms with Crippen molar-refractivity contribution in [1.29, 1.82) is 0 Å². The number of halogens is 3. The van der Waals surface area contributed by atoms with Gasteiger partial charge in [0.1, 0.15) is 17.2 Å². The van der Waals surface area contributed by atoms with Crippen molar-refractivity contribution in [3.63, 3.8) is 0 Å². The van der Waals surface area contributed by atoms with Gasteiger partial charge in [0.2, 0.25) is 5.95 Å². The number of benzene rings is 1. The predicted octanol–water partition coefficient (Wildman–Crippen LogP) is 5.30. The van der Waals surface area contributed by atoms with E-state index < -0.39 is 11.7 Å². The number of pyridine rings is 1. The van der Waals surface area contributed by atoms with Crippen molar-refractivity contribution in [2.24, 2.45) is 0 Å². The van der Waals surface area contributed by atoms with E-state index in [2.05, 4.69) is 42.6 Å². The Labute approximate surface area is 189 Å². The van der Waals surface area contributed by atoms with E-state index >= 15 is 0 Å².